The Balaban J connectivity index is 1.60. The van der Waals surface area contributed by atoms with Gasteiger partial charge in [-0.3, -0.25) is 4.79 Å². The lowest BCUT2D eigenvalue weighted by molar-refractivity contribution is -0.121. The van der Waals surface area contributed by atoms with Crippen molar-refractivity contribution in [2.75, 3.05) is 18.0 Å². The maximum atomic E-state index is 13.3. The molecular weight excluding hydrogens is 325 g/mol. The maximum absolute atomic E-state index is 13.3. The van der Waals surface area contributed by atoms with Gasteiger partial charge in [-0.15, -0.1) is 11.3 Å². The largest absolute Gasteiger partial charge is 0.369 e. The molecule has 1 fully saturated rings. The van der Waals surface area contributed by atoms with Crippen molar-refractivity contribution >= 4 is 22.9 Å². The van der Waals surface area contributed by atoms with Gasteiger partial charge in [0.15, 0.2) is 0 Å². The summed E-state index contributed by atoms with van der Waals surface area (Å²) >= 11 is 1.56. The van der Waals surface area contributed by atoms with Crippen molar-refractivity contribution in [1.82, 2.24) is 10.3 Å². The number of nitrogens with zero attached hydrogens (tertiary/aromatic N) is 2. The molecule has 0 saturated carbocycles. The third-order valence-electron chi connectivity index (χ3n) is 4.29. The number of aromatic nitrogens is 1. The molecule has 1 aliphatic rings. The summed E-state index contributed by atoms with van der Waals surface area (Å²) in [6.07, 6.45) is 2.31. The summed E-state index contributed by atoms with van der Waals surface area (Å²) in [6.45, 7) is 5.56. The van der Waals surface area contributed by atoms with Gasteiger partial charge in [0, 0.05) is 30.2 Å². The lowest BCUT2D eigenvalue weighted by Crippen LogP contribution is -2.48. The lowest BCUT2D eigenvalue weighted by Gasteiger charge is -2.35. The van der Waals surface area contributed by atoms with Crippen LogP contribution in [-0.4, -0.2) is 30.0 Å². The minimum Gasteiger partial charge on any atom is -0.369 e. The van der Waals surface area contributed by atoms with Crippen molar-refractivity contribution in [2.24, 2.45) is 0 Å². The molecule has 0 unspecified atom stereocenters. The Kier molecular flexibility index (Phi) is 5.14. The predicted molar refractivity (Wildman–Crippen MR) is 95.1 cm³/mol. The van der Waals surface area contributed by atoms with Crippen LogP contribution in [0.3, 0.4) is 0 Å². The predicted octanol–water partition coefficient (Wildman–Crippen LogP) is 3.23. The highest BCUT2D eigenvalue weighted by atomic mass is 32.1. The van der Waals surface area contributed by atoms with Gasteiger partial charge < -0.3 is 10.2 Å². The van der Waals surface area contributed by atoms with E-state index >= 15 is 0 Å². The van der Waals surface area contributed by atoms with Crippen molar-refractivity contribution in [3.05, 3.63) is 45.7 Å². The van der Waals surface area contributed by atoms with E-state index in [9.17, 15) is 9.18 Å². The second-order valence-corrected chi connectivity index (χ2v) is 7.38. The van der Waals surface area contributed by atoms with E-state index in [0.29, 0.717) is 6.42 Å². The Hall–Kier alpha value is -1.95. The molecule has 1 aromatic carbocycles. The number of amides is 1. The van der Waals surface area contributed by atoms with Crippen molar-refractivity contribution in [2.45, 2.75) is 39.2 Å². The zero-order valence-corrected chi connectivity index (χ0v) is 14.8. The Bertz CT molecular complexity index is 731. The molecule has 1 aliphatic heterocycles. The normalized spacial score (nSPS) is 17.8. The van der Waals surface area contributed by atoms with E-state index in [4.69, 9.17) is 0 Å². The number of aryl methyl sites for hydroxylation is 2. The highest BCUT2D eigenvalue weighted by molar-refractivity contribution is 7.09. The first-order valence-electron chi connectivity index (χ1n) is 8.23. The number of nitrogens with one attached hydrogen (secondary N) is 1. The van der Waals surface area contributed by atoms with Gasteiger partial charge in [0.05, 0.1) is 17.1 Å². The molecule has 24 heavy (non-hydrogen) atoms. The van der Waals surface area contributed by atoms with Crippen LogP contribution in [0, 0.1) is 19.7 Å². The van der Waals surface area contributed by atoms with Crippen LogP contribution in [-0.2, 0) is 11.2 Å². The summed E-state index contributed by atoms with van der Waals surface area (Å²) in [4.78, 5) is 18.8. The van der Waals surface area contributed by atoms with Gasteiger partial charge in [-0.1, -0.05) is 0 Å². The molecule has 2 heterocycles. The molecule has 128 valence electrons. The van der Waals surface area contributed by atoms with Gasteiger partial charge in [0.2, 0.25) is 5.91 Å². The molecule has 1 aromatic heterocycles. The second kappa shape index (κ2) is 7.30. The summed E-state index contributed by atoms with van der Waals surface area (Å²) in [5.41, 5.74) is 2.81. The van der Waals surface area contributed by atoms with Crippen molar-refractivity contribution in [3.8, 4) is 0 Å². The number of hydrogen-bond acceptors (Lipinski definition) is 4. The van der Waals surface area contributed by atoms with Crippen LogP contribution < -0.4 is 10.2 Å². The first kappa shape index (κ1) is 16.9. The highest BCUT2D eigenvalue weighted by Gasteiger charge is 2.23. The Morgan fingerprint density at radius 3 is 3.00 bits per heavy atom. The Morgan fingerprint density at radius 1 is 1.46 bits per heavy atom. The van der Waals surface area contributed by atoms with E-state index in [0.717, 1.165) is 47.9 Å². The van der Waals surface area contributed by atoms with Crippen LogP contribution in [0.15, 0.2) is 23.6 Å². The molecule has 1 N–H and O–H groups in total. The van der Waals surface area contributed by atoms with E-state index in [2.05, 4.69) is 15.2 Å². The van der Waals surface area contributed by atoms with Crippen LogP contribution in [0.25, 0.3) is 0 Å². The van der Waals surface area contributed by atoms with Gasteiger partial charge in [-0.05, 0) is 50.5 Å². The Morgan fingerprint density at radius 2 is 2.29 bits per heavy atom. The molecule has 6 heteroatoms. The first-order valence-corrected chi connectivity index (χ1v) is 9.10. The van der Waals surface area contributed by atoms with Gasteiger partial charge in [-0.25, -0.2) is 9.37 Å². The molecule has 3 rings (SSSR count). The van der Waals surface area contributed by atoms with Gasteiger partial charge in [0.1, 0.15) is 5.82 Å². The van der Waals surface area contributed by atoms with Gasteiger partial charge in [-0.2, -0.15) is 0 Å². The van der Waals surface area contributed by atoms with Gasteiger partial charge in [0.25, 0.3) is 0 Å². The summed E-state index contributed by atoms with van der Waals surface area (Å²) in [5, 5.41) is 6.03. The number of rotatable bonds is 4. The summed E-state index contributed by atoms with van der Waals surface area (Å²) in [5.74, 6) is -0.195. The third kappa shape index (κ3) is 4.12. The molecule has 0 spiro atoms. The van der Waals surface area contributed by atoms with E-state index in [-0.39, 0.29) is 17.8 Å². The second-order valence-electron chi connectivity index (χ2n) is 6.32. The average Bonchev–Trinajstić information content (AvgIpc) is 2.92. The topological polar surface area (TPSA) is 45.2 Å². The zero-order chi connectivity index (χ0) is 17.1. The highest BCUT2D eigenvalue weighted by Crippen LogP contribution is 2.24. The van der Waals surface area contributed by atoms with Crippen LogP contribution in [0.5, 0.6) is 0 Å². The fourth-order valence-corrected chi connectivity index (χ4v) is 3.83. The van der Waals surface area contributed by atoms with E-state index in [1.54, 1.807) is 17.4 Å². The molecule has 1 atom stereocenters. The third-order valence-corrected chi connectivity index (χ3v) is 5.12. The number of anilines is 1. The molecular formula is C18H22FN3OS. The van der Waals surface area contributed by atoms with E-state index in [1.165, 1.54) is 6.07 Å². The smallest absolute Gasteiger partial charge is 0.226 e. The minimum absolute atomic E-state index is 0.0166. The molecule has 0 radical (unpaired) electrons. The number of hydrogen-bond donors (Lipinski definition) is 1. The first-order chi connectivity index (χ1) is 11.5. The molecule has 1 amide bonds. The minimum atomic E-state index is -0.211. The van der Waals surface area contributed by atoms with Crippen LogP contribution in [0.2, 0.25) is 0 Å². The van der Waals surface area contributed by atoms with Crippen LogP contribution in [0.4, 0.5) is 10.1 Å². The number of thiazole rings is 1. The van der Waals surface area contributed by atoms with Crippen molar-refractivity contribution in [1.29, 1.82) is 0 Å². The monoisotopic (exact) mass is 347 g/mol. The van der Waals surface area contributed by atoms with Crippen molar-refractivity contribution < 1.29 is 9.18 Å². The SMILES string of the molecule is Cc1nc(CC(=O)N[C@@H]2CCCN(c3ccc(F)cc3C)C2)cs1. The summed E-state index contributed by atoms with van der Waals surface area (Å²) < 4.78 is 13.3. The summed E-state index contributed by atoms with van der Waals surface area (Å²) in [7, 11) is 0. The number of piperidine rings is 1. The van der Waals surface area contributed by atoms with E-state index in [1.807, 2.05) is 25.3 Å². The number of carbonyl (C=O) groups is 1. The lowest BCUT2D eigenvalue weighted by atomic mass is 10.0. The van der Waals surface area contributed by atoms with Crippen LogP contribution >= 0.6 is 11.3 Å². The van der Waals surface area contributed by atoms with Gasteiger partial charge >= 0.3 is 0 Å². The molecule has 2 aromatic rings. The van der Waals surface area contributed by atoms with Crippen molar-refractivity contribution in [3.63, 3.8) is 0 Å². The fraction of sp³-hybridized carbons (Fsp3) is 0.444. The molecule has 4 nitrogen and oxygen atoms in total. The quantitative estimate of drug-likeness (QED) is 0.924. The zero-order valence-electron chi connectivity index (χ0n) is 14.0. The molecule has 1 saturated heterocycles. The molecule has 0 aliphatic carbocycles. The van der Waals surface area contributed by atoms with Crippen LogP contribution in [0.1, 0.15) is 29.1 Å². The molecule has 0 bridgehead atoms. The standard InChI is InChI=1S/C18H22FN3OS/c1-12-8-14(19)5-6-17(12)22-7-3-4-15(10-22)21-18(23)9-16-11-24-13(2)20-16/h5-6,8,11,15H,3-4,7,9-10H2,1-2H3,(H,21,23)/t15-/m1/s1. The maximum Gasteiger partial charge on any atom is 0.226 e. The number of benzene rings is 1. The van der Waals surface area contributed by atoms with E-state index < -0.39 is 0 Å². The number of halogens is 1. The average molecular weight is 347 g/mol. The fourth-order valence-electron chi connectivity index (χ4n) is 3.22. The Labute approximate surface area is 145 Å². The number of carbonyl (C=O) groups excluding carboxylic acids is 1. The summed E-state index contributed by atoms with van der Waals surface area (Å²) in [6, 6.07) is 5.00.